The molecule has 0 aliphatic rings. The first-order valence-corrected chi connectivity index (χ1v) is 8.23. The van der Waals surface area contributed by atoms with Gasteiger partial charge in [0.1, 0.15) is 0 Å². The lowest BCUT2D eigenvalue weighted by Gasteiger charge is -2.19. The molecule has 21 heavy (non-hydrogen) atoms. The lowest BCUT2D eigenvalue weighted by molar-refractivity contribution is 0.476. The Balaban J connectivity index is 2.29. The lowest BCUT2D eigenvalue weighted by atomic mass is 10.0. The summed E-state index contributed by atoms with van der Waals surface area (Å²) in [4.78, 5) is 0. The number of hydrazine groups is 1. The first kappa shape index (κ1) is 16.8. The molecule has 1 aromatic carbocycles. The molecular formula is C14H17BrCl2N4. The first-order chi connectivity index (χ1) is 10.1. The molecule has 1 heterocycles. The summed E-state index contributed by atoms with van der Waals surface area (Å²) < 4.78 is 2.89. The standard InChI is InChI=1S/C14H17BrCl2N4/c1-2-5-21-14(11(15)8-19-21)13(20-18)6-9-3-4-10(16)7-12(9)17/h3-4,7-8,13,20H,2,5-6,18H2,1H3. The van der Waals surface area contributed by atoms with E-state index in [0.29, 0.717) is 16.5 Å². The minimum atomic E-state index is -0.0906. The van der Waals surface area contributed by atoms with Gasteiger partial charge < -0.3 is 0 Å². The number of hydrogen-bond acceptors (Lipinski definition) is 3. The van der Waals surface area contributed by atoms with Gasteiger partial charge in [0, 0.05) is 16.6 Å². The number of nitrogens with two attached hydrogens (primary N) is 1. The average molecular weight is 392 g/mol. The van der Waals surface area contributed by atoms with Crippen LogP contribution < -0.4 is 11.3 Å². The molecule has 2 aromatic rings. The van der Waals surface area contributed by atoms with Gasteiger partial charge in [-0.05, 0) is 46.5 Å². The zero-order valence-electron chi connectivity index (χ0n) is 11.6. The Morgan fingerprint density at radius 3 is 2.81 bits per heavy atom. The Morgan fingerprint density at radius 1 is 1.43 bits per heavy atom. The van der Waals surface area contributed by atoms with Gasteiger partial charge in [-0.15, -0.1) is 0 Å². The van der Waals surface area contributed by atoms with Gasteiger partial charge in [-0.3, -0.25) is 16.0 Å². The molecule has 0 radical (unpaired) electrons. The fourth-order valence-corrected chi connectivity index (χ4v) is 3.31. The summed E-state index contributed by atoms with van der Waals surface area (Å²) in [5, 5.41) is 5.64. The minimum Gasteiger partial charge on any atom is -0.271 e. The average Bonchev–Trinajstić information content (AvgIpc) is 2.80. The highest BCUT2D eigenvalue weighted by Gasteiger charge is 2.20. The summed E-state index contributed by atoms with van der Waals surface area (Å²) in [6.45, 7) is 2.95. The Bertz CT molecular complexity index is 615. The largest absolute Gasteiger partial charge is 0.271 e. The van der Waals surface area contributed by atoms with Crippen molar-refractivity contribution in [3.8, 4) is 0 Å². The van der Waals surface area contributed by atoms with Crippen LogP contribution in [0.15, 0.2) is 28.9 Å². The maximum absolute atomic E-state index is 6.25. The van der Waals surface area contributed by atoms with Gasteiger partial charge >= 0.3 is 0 Å². The molecule has 0 bridgehead atoms. The van der Waals surface area contributed by atoms with E-state index in [-0.39, 0.29) is 6.04 Å². The van der Waals surface area contributed by atoms with Crippen LogP contribution in [0.3, 0.4) is 0 Å². The van der Waals surface area contributed by atoms with Gasteiger partial charge in [0.05, 0.1) is 22.4 Å². The maximum Gasteiger partial charge on any atom is 0.0712 e. The zero-order chi connectivity index (χ0) is 15.4. The summed E-state index contributed by atoms with van der Waals surface area (Å²) in [5.74, 6) is 5.74. The van der Waals surface area contributed by atoms with Crippen molar-refractivity contribution in [1.82, 2.24) is 15.2 Å². The van der Waals surface area contributed by atoms with Crippen molar-refractivity contribution in [3.63, 3.8) is 0 Å². The maximum atomic E-state index is 6.25. The molecule has 1 atom stereocenters. The van der Waals surface area contributed by atoms with Crippen LogP contribution >= 0.6 is 39.1 Å². The second-order valence-electron chi connectivity index (χ2n) is 4.76. The van der Waals surface area contributed by atoms with Crippen LogP contribution in [0.2, 0.25) is 10.0 Å². The number of aryl methyl sites for hydroxylation is 1. The summed E-state index contributed by atoms with van der Waals surface area (Å²) in [5.41, 5.74) is 4.86. The third kappa shape index (κ3) is 3.99. The van der Waals surface area contributed by atoms with Gasteiger partial charge in [0.25, 0.3) is 0 Å². The minimum absolute atomic E-state index is 0.0906. The number of rotatable bonds is 6. The van der Waals surface area contributed by atoms with Crippen LogP contribution in [-0.2, 0) is 13.0 Å². The van der Waals surface area contributed by atoms with Crippen molar-refractivity contribution in [2.24, 2.45) is 5.84 Å². The number of nitrogens with zero attached hydrogens (tertiary/aromatic N) is 2. The third-order valence-corrected chi connectivity index (χ3v) is 4.44. The highest BCUT2D eigenvalue weighted by atomic mass is 79.9. The number of nitrogens with one attached hydrogen (secondary N) is 1. The first-order valence-electron chi connectivity index (χ1n) is 6.68. The molecule has 0 saturated heterocycles. The van der Waals surface area contributed by atoms with Crippen molar-refractivity contribution in [2.45, 2.75) is 32.4 Å². The molecule has 0 fully saturated rings. The van der Waals surface area contributed by atoms with E-state index in [1.54, 1.807) is 12.3 Å². The van der Waals surface area contributed by atoms with Gasteiger partial charge in [0.2, 0.25) is 0 Å². The Hall–Kier alpha value is -0.590. The summed E-state index contributed by atoms with van der Waals surface area (Å²) in [7, 11) is 0. The van der Waals surface area contributed by atoms with Crippen molar-refractivity contribution in [1.29, 1.82) is 0 Å². The van der Waals surface area contributed by atoms with E-state index < -0.39 is 0 Å². The van der Waals surface area contributed by atoms with Crippen molar-refractivity contribution in [3.05, 3.63) is 50.2 Å². The Labute approximate surface area is 142 Å². The fourth-order valence-electron chi connectivity index (χ4n) is 2.25. The van der Waals surface area contributed by atoms with Gasteiger partial charge in [-0.1, -0.05) is 36.2 Å². The number of benzene rings is 1. The second-order valence-corrected chi connectivity index (χ2v) is 6.46. The summed E-state index contributed by atoms with van der Waals surface area (Å²) in [6.07, 6.45) is 3.44. The molecule has 0 spiro atoms. The summed E-state index contributed by atoms with van der Waals surface area (Å²) in [6, 6.07) is 5.40. The monoisotopic (exact) mass is 390 g/mol. The molecule has 114 valence electrons. The van der Waals surface area contributed by atoms with E-state index in [4.69, 9.17) is 29.0 Å². The Kier molecular flexibility index (Phi) is 6.08. The molecule has 0 aliphatic carbocycles. The van der Waals surface area contributed by atoms with Crippen LogP contribution in [0.5, 0.6) is 0 Å². The molecule has 1 unspecified atom stereocenters. The smallest absolute Gasteiger partial charge is 0.0712 e. The van der Waals surface area contributed by atoms with E-state index in [9.17, 15) is 0 Å². The third-order valence-electron chi connectivity index (χ3n) is 3.24. The summed E-state index contributed by atoms with van der Waals surface area (Å²) >= 11 is 15.7. The number of aromatic nitrogens is 2. The van der Waals surface area contributed by atoms with Gasteiger partial charge in [0.15, 0.2) is 0 Å². The van der Waals surface area contributed by atoms with Crippen molar-refractivity contribution in [2.75, 3.05) is 0 Å². The zero-order valence-corrected chi connectivity index (χ0v) is 14.7. The van der Waals surface area contributed by atoms with Crippen LogP contribution in [0.25, 0.3) is 0 Å². The Morgan fingerprint density at radius 2 is 2.19 bits per heavy atom. The molecular weight excluding hydrogens is 375 g/mol. The molecule has 0 aliphatic heterocycles. The van der Waals surface area contributed by atoms with E-state index in [1.165, 1.54) is 0 Å². The molecule has 4 nitrogen and oxygen atoms in total. The number of hydrogen-bond donors (Lipinski definition) is 2. The number of halogens is 3. The molecule has 0 saturated carbocycles. The molecule has 2 rings (SSSR count). The SMILES string of the molecule is CCCn1ncc(Br)c1C(Cc1ccc(Cl)cc1Cl)NN. The normalized spacial score (nSPS) is 12.6. The van der Waals surface area contributed by atoms with Crippen LogP contribution in [0.1, 0.15) is 30.6 Å². The van der Waals surface area contributed by atoms with Crippen LogP contribution in [0.4, 0.5) is 0 Å². The van der Waals surface area contributed by atoms with E-state index in [1.807, 2.05) is 16.8 Å². The van der Waals surface area contributed by atoms with Crippen molar-refractivity contribution < 1.29 is 0 Å². The predicted octanol–water partition coefficient (Wildman–Crippen LogP) is 4.11. The molecule has 3 N–H and O–H groups in total. The molecule has 7 heteroatoms. The van der Waals surface area contributed by atoms with Crippen LogP contribution in [-0.4, -0.2) is 9.78 Å². The van der Waals surface area contributed by atoms with Gasteiger partial charge in [-0.2, -0.15) is 5.10 Å². The lowest BCUT2D eigenvalue weighted by Crippen LogP contribution is -2.31. The van der Waals surface area contributed by atoms with E-state index >= 15 is 0 Å². The topological polar surface area (TPSA) is 55.9 Å². The van der Waals surface area contributed by atoms with Gasteiger partial charge in [-0.25, -0.2) is 0 Å². The van der Waals surface area contributed by atoms with E-state index in [0.717, 1.165) is 28.7 Å². The highest BCUT2D eigenvalue weighted by Crippen LogP contribution is 2.29. The highest BCUT2D eigenvalue weighted by molar-refractivity contribution is 9.10. The molecule has 1 aromatic heterocycles. The van der Waals surface area contributed by atoms with Crippen molar-refractivity contribution >= 4 is 39.1 Å². The fraction of sp³-hybridized carbons (Fsp3) is 0.357. The quantitative estimate of drug-likeness (QED) is 0.575. The predicted molar refractivity (Wildman–Crippen MR) is 90.4 cm³/mol. The second kappa shape index (κ2) is 7.61. The van der Waals surface area contributed by atoms with Crippen LogP contribution in [0, 0.1) is 0 Å². The van der Waals surface area contributed by atoms with E-state index in [2.05, 4.69) is 33.4 Å². The molecule has 0 amide bonds.